The van der Waals surface area contributed by atoms with Crippen molar-refractivity contribution < 1.29 is 5.21 Å². The molecule has 4 heteroatoms. The zero-order valence-electron chi connectivity index (χ0n) is 9.15. The topological polar surface area (TPSA) is 58.6 Å². The molecule has 1 aliphatic carbocycles. The van der Waals surface area contributed by atoms with E-state index in [1.807, 2.05) is 31.2 Å². The highest BCUT2D eigenvalue weighted by Crippen LogP contribution is 2.47. The molecule has 1 aromatic carbocycles. The van der Waals surface area contributed by atoms with Crippen LogP contribution in [-0.4, -0.2) is 11.0 Å². The van der Waals surface area contributed by atoms with Gasteiger partial charge < -0.3 is 10.9 Å². The summed E-state index contributed by atoms with van der Waals surface area (Å²) in [6, 6.07) is 8.03. The second kappa shape index (κ2) is 4.09. The number of nitrogens with zero attached hydrogens (tertiary/aromatic N) is 1. The maximum atomic E-state index is 8.92. The quantitative estimate of drug-likeness (QED) is 0.388. The number of halogens is 1. The van der Waals surface area contributed by atoms with Gasteiger partial charge in [-0.25, -0.2) is 0 Å². The van der Waals surface area contributed by atoms with Gasteiger partial charge in [-0.2, -0.15) is 0 Å². The summed E-state index contributed by atoms with van der Waals surface area (Å²) >= 11 is 3.41. The molecule has 0 aliphatic heterocycles. The second-order valence-electron chi connectivity index (χ2n) is 4.47. The Bertz CT molecular complexity index is 412. The molecule has 1 unspecified atom stereocenters. The molecule has 0 radical (unpaired) electrons. The third kappa shape index (κ3) is 1.82. The van der Waals surface area contributed by atoms with Gasteiger partial charge in [-0.05, 0) is 43.4 Å². The van der Waals surface area contributed by atoms with E-state index >= 15 is 0 Å². The highest BCUT2D eigenvalue weighted by atomic mass is 79.9. The fraction of sp³-hybridized carbons (Fsp3) is 0.417. The van der Waals surface area contributed by atoms with Crippen LogP contribution in [0.5, 0.6) is 0 Å². The number of hydrogen-bond acceptors (Lipinski definition) is 2. The first-order valence-corrected chi connectivity index (χ1v) is 6.12. The van der Waals surface area contributed by atoms with Gasteiger partial charge in [0.25, 0.3) is 0 Å². The van der Waals surface area contributed by atoms with Gasteiger partial charge in [-0.1, -0.05) is 33.2 Å². The lowest BCUT2D eigenvalue weighted by atomic mass is 9.77. The van der Waals surface area contributed by atoms with Gasteiger partial charge in [-0.3, -0.25) is 0 Å². The van der Waals surface area contributed by atoms with Crippen molar-refractivity contribution >= 4 is 21.8 Å². The fourth-order valence-corrected chi connectivity index (χ4v) is 2.42. The van der Waals surface area contributed by atoms with Gasteiger partial charge in [0.1, 0.15) is 5.84 Å². The largest absolute Gasteiger partial charge is 0.409 e. The van der Waals surface area contributed by atoms with Gasteiger partial charge in [-0.15, -0.1) is 0 Å². The molecular weight excluding hydrogens is 268 g/mol. The van der Waals surface area contributed by atoms with Crippen molar-refractivity contribution in [2.24, 2.45) is 16.8 Å². The third-order valence-electron chi connectivity index (χ3n) is 3.48. The number of hydrogen-bond donors (Lipinski definition) is 2. The van der Waals surface area contributed by atoms with E-state index < -0.39 is 0 Å². The Morgan fingerprint density at radius 1 is 1.44 bits per heavy atom. The van der Waals surface area contributed by atoms with Crippen LogP contribution in [0.3, 0.4) is 0 Å². The zero-order chi connectivity index (χ0) is 11.8. The summed E-state index contributed by atoms with van der Waals surface area (Å²) in [6.07, 6.45) is 2.28. The normalized spacial score (nSPS) is 20.5. The van der Waals surface area contributed by atoms with Crippen LogP contribution in [0.2, 0.25) is 0 Å². The summed E-state index contributed by atoms with van der Waals surface area (Å²) in [7, 11) is 0. The summed E-state index contributed by atoms with van der Waals surface area (Å²) in [5.41, 5.74) is 6.62. The van der Waals surface area contributed by atoms with E-state index in [0.717, 1.165) is 22.9 Å². The molecule has 3 N–H and O–H groups in total. The Kier molecular flexibility index (Phi) is 2.93. The minimum absolute atomic E-state index is 0.303. The lowest BCUT2D eigenvalue weighted by molar-refractivity contribution is 0.310. The molecule has 1 saturated carbocycles. The molecule has 0 heterocycles. The Labute approximate surface area is 103 Å². The fourth-order valence-electron chi connectivity index (χ4n) is 2.15. The van der Waals surface area contributed by atoms with Crippen LogP contribution >= 0.6 is 15.9 Å². The monoisotopic (exact) mass is 282 g/mol. The van der Waals surface area contributed by atoms with Crippen molar-refractivity contribution in [3.63, 3.8) is 0 Å². The van der Waals surface area contributed by atoms with Gasteiger partial charge in [0.2, 0.25) is 0 Å². The molecule has 86 valence electrons. The van der Waals surface area contributed by atoms with Gasteiger partial charge in [0, 0.05) is 4.47 Å². The minimum atomic E-state index is -0.338. The molecule has 1 fully saturated rings. The van der Waals surface area contributed by atoms with Gasteiger partial charge >= 0.3 is 0 Å². The van der Waals surface area contributed by atoms with Gasteiger partial charge in [0.05, 0.1) is 5.41 Å². The minimum Gasteiger partial charge on any atom is -0.409 e. The van der Waals surface area contributed by atoms with E-state index in [4.69, 9.17) is 10.9 Å². The molecule has 0 amide bonds. The van der Waals surface area contributed by atoms with E-state index in [1.165, 1.54) is 0 Å². The second-order valence-corrected chi connectivity index (χ2v) is 5.38. The first-order chi connectivity index (χ1) is 7.59. The smallest absolute Gasteiger partial charge is 0.149 e. The van der Waals surface area contributed by atoms with E-state index in [1.54, 1.807) is 0 Å². The molecule has 0 bridgehead atoms. The van der Waals surface area contributed by atoms with Crippen molar-refractivity contribution in [2.75, 3.05) is 0 Å². The number of rotatable bonds is 3. The van der Waals surface area contributed by atoms with Gasteiger partial charge in [0.15, 0.2) is 0 Å². The maximum absolute atomic E-state index is 8.92. The predicted molar refractivity (Wildman–Crippen MR) is 67.6 cm³/mol. The molecule has 0 spiro atoms. The molecule has 1 atom stereocenters. The van der Waals surface area contributed by atoms with Crippen molar-refractivity contribution in [3.05, 3.63) is 34.3 Å². The predicted octanol–water partition coefficient (Wildman–Crippen LogP) is 2.86. The Morgan fingerprint density at radius 2 is 2.00 bits per heavy atom. The SMILES string of the molecule is CC(C(N)=NO)(c1ccc(Br)cc1)C1CC1. The lowest BCUT2D eigenvalue weighted by Crippen LogP contribution is -2.40. The number of nitrogens with two attached hydrogens (primary N) is 1. The summed E-state index contributed by atoms with van der Waals surface area (Å²) in [5.74, 6) is 0.793. The standard InChI is InChI=1S/C12H15BrN2O/c1-12(8-2-3-8,11(14)15-16)9-4-6-10(13)7-5-9/h4-8,16H,2-3H2,1H3,(H2,14,15). The van der Waals surface area contributed by atoms with Crippen LogP contribution in [0.4, 0.5) is 0 Å². The third-order valence-corrected chi connectivity index (χ3v) is 4.01. The number of benzene rings is 1. The maximum Gasteiger partial charge on any atom is 0.149 e. The number of amidine groups is 1. The molecule has 1 aliphatic rings. The van der Waals surface area contributed by atoms with Crippen molar-refractivity contribution in [2.45, 2.75) is 25.2 Å². The molecular formula is C12H15BrN2O. The van der Waals surface area contributed by atoms with Crippen LogP contribution in [-0.2, 0) is 5.41 Å². The summed E-state index contributed by atoms with van der Waals surface area (Å²) in [5, 5.41) is 12.1. The van der Waals surface area contributed by atoms with Crippen molar-refractivity contribution in [3.8, 4) is 0 Å². The van der Waals surface area contributed by atoms with E-state index in [9.17, 15) is 0 Å². The van der Waals surface area contributed by atoms with Crippen LogP contribution in [0.1, 0.15) is 25.3 Å². The molecule has 0 saturated heterocycles. The molecule has 1 aromatic rings. The van der Waals surface area contributed by atoms with E-state index in [2.05, 4.69) is 21.1 Å². The molecule has 3 nitrogen and oxygen atoms in total. The molecule has 16 heavy (non-hydrogen) atoms. The molecule has 0 aromatic heterocycles. The number of oxime groups is 1. The Balaban J connectivity index is 2.43. The molecule has 2 rings (SSSR count). The first kappa shape index (κ1) is 11.5. The van der Waals surface area contributed by atoms with E-state index in [-0.39, 0.29) is 5.41 Å². The van der Waals surface area contributed by atoms with Crippen LogP contribution < -0.4 is 5.73 Å². The van der Waals surface area contributed by atoms with Crippen LogP contribution in [0.25, 0.3) is 0 Å². The average Bonchev–Trinajstić information content (AvgIpc) is 3.12. The first-order valence-electron chi connectivity index (χ1n) is 5.33. The lowest BCUT2D eigenvalue weighted by Gasteiger charge is -2.28. The zero-order valence-corrected chi connectivity index (χ0v) is 10.7. The van der Waals surface area contributed by atoms with Crippen LogP contribution in [0.15, 0.2) is 33.9 Å². The summed E-state index contributed by atoms with van der Waals surface area (Å²) in [6.45, 7) is 2.04. The van der Waals surface area contributed by atoms with E-state index in [0.29, 0.717) is 11.8 Å². The Morgan fingerprint density at radius 3 is 2.44 bits per heavy atom. The highest BCUT2D eigenvalue weighted by molar-refractivity contribution is 9.10. The van der Waals surface area contributed by atoms with Crippen molar-refractivity contribution in [1.29, 1.82) is 0 Å². The average molecular weight is 283 g/mol. The summed E-state index contributed by atoms with van der Waals surface area (Å²) in [4.78, 5) is 0. The highest BCUT2D eigenvalue weighted by Gasteiger charge is 2.46. The van der Waals surface area contributed by atoms with Crippen LogP contribution in [0, 0.1) is 5.92 Å². The van der Waals surface area contributed by atoms with Crippen molar-refractivity contribution in [1.82, 2.24) is 0 Å². The summed E-state index contributed by atoms with van der Waals surface area (Å²) < 4.78 is 1.04. The Hall–Kier alpha value is -1.03.